The summed E-state index contributed by atoms with van der Waals surface area (Å²) in [5, 5.41) is 46.0. The van der Waals surface area contributed by atoms with Crippen molar-refractivity contribution in [2.75, 3.05) is 7.11 Å². The summed E-state index contributed by atoms with van der Waals surface area (Å²) in [6, 6.07) is 7.27. The van der Waals surface area contributed by atoms with Gasteiger partial charge in [-0.15, -0.1) is 0 Å². The third-order valence-corrected chi connectivity index (χ3v) is 11.6. The molecular weight excluding hydrogens is 676 g/mol. The molecule has 14 nitrogen and oxygen atoms in total. The van der Waals surface area contributed by atoms with Crippen LogP contribution in [0.2, 0.25) is 0 Å². The second-order valence-corrected chi connectivity index (χ2v) is 14.6. The number of aliphatic hydroxyl groups excluding tert-OH is 1. The molecule has 2 fully saturated rings. The summed E-state index contributed by atoms with van der Waals surface area (Å²) in [5.41, 5.74) is -0.232. The number of hydrogen-bond acceptors (Lipinski definition) is 12. The van der Waals surface area contributed by atoms with Gasteiger partial charge < -0.3 is 49.7 Å². The summed E-state index contributed by atoms with van der Waals surface area (Å²) in [6.07, 6.45) is 2.57. The first-order valence-corrected chi connectivity index (χ1v) is 17.5. The number of esters is 3. The summed E-state index contributed by atoms with van der Waals surface area (Å²) >= 11 is 0. The summed E-state index contributed by atoms with van der Waals surface area (Å²) in [5.74, 6) is -7.23. The number of hydrogen-bond donors (Lipinski definition) is 6. The van der Waals surface area contributed by atoms with E-state index in [4.69, 9.17) is 18.9 Å². The Labute approximate surface area is 300 Å². The molecule has 1 aliphatic heterocycles. The monoisotopic (exact) mass is 722 g/mol. The molecule has 6 rings (SSSR count). The Morgan fingerprint density at radius 3 is 2.54 bits per heavy atom. The number of amides is 1. The molecule has 0 saturated heterocycles. The molecule has 2 saturated carbocycles. The fourth-order valence-corrected chi connectivity index (χ4v) is 8.96. The highest BCUT2D eigenvalue weighted by molar-refractivity contribution is 6.32. The summed E-state index contributed by atoms with van der Waals surface area (Å²) in [6.45, 7) is 6.73. The Bertz CT molecular complexity index is 1760. The molecule has 0 spiro atoms. The molecule has 1 aromatic heterocycles. The zero-order valence-electron chi connectivity index (χ0n) is 29.6. The molecule has 14 heteroatoms. The number of methoxy groups -OCH3 is 1. The second-order valence-electron chi connectivity index (χ2n) is 14.6. The number of aliphatic hydroxyl groups is 2. The number of carbonyl (C=O) groups excluding carboxylic acids is 4. The normalized spacial score (nSPS) is 36.7. The highest BCUT2D eigenvalue weighted by atomic mass is 16.6. The molecule has 0 bridgehead atoms. The zero-order valence-corrected chi connectivity index (χ0v) is 29.6. The van der Waals surface area contributed by atoms with Crippen molar-refractivity contribution in [1.29, 1.82) is 0 Å². The molecule has 1 aromatic carbocycles. The molecule has 13 atom stereocenters. The number of phenolic OH excluding ortho intramolecular Hbond substituents is 2. The molecule has 2 aromatic rings. The van der Waals surface area contributed by atoms with E-state index in [2.05, 4.69) is 10.3 Å². The van der Waals surface area contributed by atoms with Gasteiger partial charge in [0.15, 0.2) is 17.6 Å². The van der Waals surface area contributed by atoms with E-state index in [-0.39, 0.29) is 36.3 Å². The number of rotatable bonds is 7. The number of fused-ring (bicyclic) bond motifs is 6. The lowest BCUT2D eigenvalue weighted by molar-refractivity contribution is -0.189. The average molecular weight is 723 g/mol. The fraction of sp³-hybridized carbons (Fsp3) is 0.526. The minimum Gasteiger partial charge on any atom is -0.504 e. The van der Waals surface area contributed by atoms with Crippen molar-refractivity contribution in [3.63, 3.8) is 0 Å². The maximum atomic E-state index is 13.6. The van der Waals surface area contributed by atoms with Crippen LogP contribution in [0.25, 0.3) is 0 Å². The first kappa shape index (κ1) is 37.1. The van der Waals surface area contributed by atoms with E-state index >= 15 is 0 Å². The van der Waals surface area contributed by atoms with Gasteiger partial charge in [0.2, 0.25) is 0 Å². The summed E-state index contributed by atoms with van der Waals surface area (Å²) in [7, 11) is 1.36. The van der Waals surface area contributed by atoms with E-state index < -0.39 is 89.5 Å². The third kappa shape index (κ3) is 6.47. The molecule has 4 aliphatic rings. The molecule has 6 N–H and O–H groups in total. The average Bonchev–Trinajstić information content (AvgIpc) is 3.71. The van der Waals surface area contributed by atoms with Crippen molar-refractivity contribution in [1.82, 2.24) is 10.3 Å². The number of H-pyrrole nitrogens is 1. The van der Waals surface area contributed by atoms with Crippen molar-refractivity contribution >= 4 is 23.8 Å². The van der Waals surface area contributed by atoms with Gasteiger partial charge in [-0.3, -0.25) is 4.79 Å². The van der Waals surface area contributed by atoms with Gasteiger partial charge in [-0.25, -0.2) is 14.4 Å². The van der Waals surface area contributed by atoms with Crippen molar-refractivity contribution in [2.24, 2.45) is 41.4 Å². The predicted octanol–water partition coefficient (Wildman–Crippen LogP) is 2.52. The number of nitrogens with one attached hydrogen (secondary N) is 2. The highest BCUT2D eigenvalue weighted by Gasteiger charge is 2.71. The molecule has 5 unspecified atom stereocenters. The first-order chi connectivity index (χ1) is 24.7. The topological polar surface area (TPSA) is 214 Å². The number of cyclic esters (lactones) is 1. The number of carbonyl (C=O) groups is 4. The van der Waals surface area contributed by atoms with Crippen LogP contribution < -0.4 is 5.32 Å². The van der Waals surface area contributed by atoms with Crippen molar-refractivity contribution in [2.45, 2.75) is 76.8 Å². The van der Waals surface area contributed by atoms with Crippen LogP contribution in [0.15, 0.2) is 60.3 Å². The number of aromatic amines is 1. The van der Waals surface area contributed by atoms with Crippen molar-refractivity contribution in [3.05, 3.63) is 71.6 Å². The minimum absolute atomic E-state index is 0.0511. The van der Waals surface area contributed by atoms with Gasteiger partial charge in [0.25, 0.3) is 0 Å². The van der Waals surface area contributed by atoms with Crippen LogP contribution >= 0.6 is 0 Å². The van der Waals surface area contributed by atoms with Gasteiger partial charge in [0, 0.05) is 49.4 Å². The first-order valence-electron chi connectivity index (χ1n) is 17.5. The number of allylic oxidation sites excluding steroid dienone is 1. The van der Waals surface area contributed by atoms with Crippen molar-refractivity contribution < 1.29 is 58.6 Å². The van der Waals surface area contributed by atoms with Crippen LogP contribution in [0.4, 0.5) is 0 Å². The lowest BCUT2D eigenvalue weighted by Crippen LogP contribution is -2.65. The Hall–Kier alpha value is -4.66. The minimum atomic E-state index is -1.53. The number of phenols is 2. The second kappa shape index (κ2) is 14.4. The van der Waals surface area contributed by atoms with E-state index in [1.807, 2.05) is 19.1 Å². The number of aromatic hydroxyl groups is 2. The van der Waals surface area contributed by atoms with Gasteiger partial charge in [0.1, 0.15) is 24.0 Å². The standard InChI is InChI=1S/C38H46N2O12/c1-17-13-18(2)38(48)22(9-10-23-28-29(30(23)38)31(43)19(3)33(28)52-35(45)24-7-6-12-39-24)15-27(49-5)36(46)51-32(17)20(4)50-37(47)34(44)40-16-21-8-11-25(41)26(42)14-21/h6-14,17,19-20,22-23,27-33,39,41-43,48H,15-16H2,1-5H3,(H,40,44)/b18-13+/t17-,19-,20-,22?,23?,27+,28+,29?,30?,31-,32?,33-,38+/m1/s1. The maximum absolute atomic E-state index is 13.6. The van der Waals surface area contributed by atoms with Gasteiger partial charge in [-0.2, -0.15) is 0 Å². The van der Waals surface area contributed by atoms with Crippen LogP contribution in [0.5, 0.6) is 11.5 Å². The number of benzene rings is 1. The molecular formula is C38H46N2O12. The van der Waals surface area contributed by atoms with Crippen LogP contribution in [-0.2, 0) is 39.9 Å². The Morgan fingerprint density at radius 2 is 1.87 bits per heavy atom. The lowest BCUT2D eigenvalue weighted by Gasteiger charge is -2.61. The van der Waals surface area contributed by atoms with Crippen LogP contribution in [0.1, 0.15) is 50.2 Å². The molecule has 0 radical (unpaired) electrons. The molecule has 1 amide bonds. The van der Waals surface area contributed by atoms with Gasteiger partial charge >= 0.3 is 23.8 Å². The quantitative estimate of drug-likeness (QED) is 0.0800. The number of aromatic nitrogens is 1. The van der Waals surface area contributed by atoms with Crippen LogP contribution in [-0.4, -0.2) is 92.5 Å². The van der Waals surface area contributed by atoms with E-state index in [1.54, 1.807) is 38.3 Å². The molecule has 280 valence electrons. The molecule has 3 aliphatic carbocycles. The Kier molecular flexibility index (Phi) is 10.3. The summed E-state index contributed by atoms with van der Waals surface area (Å²) < 4.78 is 22.9. The van der Waals surface area contributed by atoms with Gasteiger partial charge in [-0.05, 0) is 67.5 Å². The number of ether oxygens (including phenoxy) is 4. The SMILES string of the molecule is CO[C@H]1CC2C=CC3C(C4[C@H]3[C@H](OC(=O)c3ccc[nH]3)[C@H](C)[C@H]4O)[C@]2(O)/C(C)=C/[C@@H](C)C([C@@H](C)OC(=O)C(=O)NCc2ccc(O)c(O)c2)OC1=O. The highest BCUT2D eigenvalue weighted by Crippen LogP contribution is 2.66. The van der Waals surface area contributed by atoms with E-state index in [1.165, 1.54) is 32.2 Å². The van der Waals surface area contributed by atoms with E-state index in [0.29, 0.717) is 16.8 Å². The van der Waals surface area contributed by atoms with E-state index in [0.717, 1.165) is 0 Å². The lowest BCUT2D eigenvalue weighted by atomic mass is 9.46. The largest absolute Gasteiger partial charge is 0.504 e. The summed E-state index contributed by atoms with van der Waals surface area (Å²) in [4.78, 5) is 54.8. The van der Waals surface area contributed by atoms with E-state index in [9.17, 15) is 39.6 Å². The third-order valence-electron chi connectivity index (χ3n) is 11.6. The van der Waals surface area contributed by atoms with Gasteiger partial charge in [-0.1, -0.05) is 38.1 Å². The van der Waals surface area contributed by atoms with Crippen LogP contribution in [0.3, 0.4) is 0 Å². The maximum Gasteiger partial charge on any atom is 0.397 e. The smallest absolute Gasteiger partial charge is 0.397 e. The molecule has 52 heavy (non-hydrogen) atoms. The zero-order chi connectivity index (χ0) is 37.6. The van der Waals surface area contributed by atoms with Crippen molar-refractivity contribution in [3.8, 4) is 11.5 Å². The van der Waals surface area contributed by atoms with Gasteiger partial charge in [0.05, 0.1) is 11.7 Å². The fourth-order valence-electron chi connectivity index (χ4n) is 8.96. The predicted molar refractivity (Wildman–Crippen MR) is 182 cm³/mol. The van der Waals surface area contributed by atoms with Crippen LogP contribution in [0, 0.1) is 41.4 Å². The Balaban J connectivity index is 1.22. The Morgan fingerprint density at radius 1 is 1.12 bits per heavy atom. The molecule has 2 heterocycles.